The highest BCUT2D eigenvalue weighted by Crippen LogP contribution is 2.48. The Morgan fingerprint density at radius 3 is 2.71 bits per heavy atom. The Kier molecular flexibility index (Phi) is 4.38. The lowest BCUT2D eigenvalue weighted by atomic mass is 10.0. The van der Waals surface area contributed by atoms with Crippen LogP contribution in [0, 0.1) is 5.41 Å². The summed E-state index contributed by atoms with van der Waals surface area (Å²) in [6.45, 7) is 3.43. The molecule has 14 heavy (non-hydrogen) atoms. The van der Waals surface area contributed by atoms with Crippen molar-refractivity contribution in [3.8, 4) is 0 Å². The normalized spacial score (nSPS) is 20.2. The molecule has 0 spiro atoms. The van der Waals surface area contributed by atoms with Gasteiger partial charge in [0, 0.05) is 20.3 Å². The fourth-order valence-electron chi connectivity index (χ4n) is 1.43. The molecular formula is C10H18BrNO2. The molecule has 0 bridgehead atoms. The summed E-state index contributed by atoms with van der Waals surface area (Å²) in [7, 11) is 1.72. The number of hydrogen-bond acceptors (Lipinski definition) is 2. The van der Waals surface area contributed by atoms with Gasteiger partial charge in [0.25, 0.3) is 0 Å². The number of amides is 1. The van der Waals surface area contributed by atoms with Gasteiger partial charge < -0.3 is 10.1 Å². The van der Waals surface area contributed by atoms with Gasteiger partial charge >= 0.3 is 0 Å². The number of nitrogens with one attached hydrogen (secondary N) is 1. The van der Waals surface area contributed by atoms with Crippen LogP contribution in [-0.4, -0.2) is 31.0 Å². The van der Waals surface area contributed by atoms with Crippen molar-refractivity contribution >= 4 is 21.8 Å². The molecule has 0 aliphatic heterocycles. The Hall–Kier alpha value is -0.0900. The third-order valence-corrected chi connectivity index (χ3v) is 3.21. The summed E-state index contributed by atoms with van der Waals surface area (Å²) in [6.07, 6.45) is 3.49. The number of alkyl halides is 1. The molecule has 1 saturated carbocycles. The summed E-state index contributed by atoms with van der Waals surface area (Å²) in [5.74, 6) is 0.0775. The van der Waals surface area contributed by atoms with Crippen LogP contribution in [0.2, 0.25) is 0 Å². The number of methoxy groups -OCH3 is 1. The summed E-state index contributed by atoms with van der Waals surface area (Å²) in [6, 6.07) is 0. The third-order valence-electron chi connectivity index (χ3n) is 2.79. The maximum Gasteiger partial charge on any atom is 0.233 e. The molecular weight excluding hydrogens is 246 g/mol. The van der Waals surface area contributed by atoms with Gasteiger partial charge in [0.15, 0.2) is 0 Å². The van der Waals surface area contributed by atoms with E-state index in [0.29, 0.717) is 5.41 Å². The molecule has 3 nitrogen and oxygen atoms in total. The molecule has 0 aromatic heterocycles. The molecule has 1 unspecified atom stereocenters. The van der Waals surface area contributed by atoms with Gasteiger partial charge in [-0.15, -0.1) is 0 Å². The summed E-state index contributed by atoms with van der Waals surface area (Å²) in [5, 5.41) is 2.95. The summed E-state index contributed by atoms with van der Waals surface area (Å²) >= 11 is 3.24. The predicted molar refractivity (Wildman–Crippen MR) is 59.6 cm³/mol. The molecule has 0 saturated heterocycles. The zero-order valence-corrected chi connectivity index (χ0v) is 10.4. The third kappa shape index (κ3) is 3.58. The number of carbonyl (C=O) groups is 1. The van der Waals surface area contributed by atoms with Crippen molar-refractivity contribution in [1.29, 1.82) is 0 Å². The predicted octanol–water partition coefficient (Wildman–Crippen LogP) is 1.70. The van der Waals surface area contributed by atoms with E-state index >= 15 is 0 Å². The summed E-state index contributed by atoms with van der Waals surface area (Å²) in [5.41, 5.74) is 0.341. The van der Waals surface area contributed by atoms with Gasteiger partial charge in [-0.1, -0.05) is 15.9 Å². The van der Waals surface area contributed by atoms with Gasteiger partial charge in [0.2, 0.25) is 5.91 Å². The van der Waals surface area contributed by atoms with E-state index in [1.807, 2.05) is 6.92 Å². The minimum Gasteiger partial charge on any atom is -0.385 e. The summed E-state index contributed by atoms with van der Waals surface area (Å²) in [4.78, 5) is 11.2. The summed E-state index contributed by atoms with van der Waals surface area (Å²) < 4.78 is 5.05. The Balaban J connectivity index is 2.20. The lowest BCUT2D eigenvalue weighted by Crippen LogP contribution is -2.34. The van der Waals surface area contributed by atoms with Crippen LogP contribution in [0.1, 0.15) is 26.2 Å². The molecule has 82 valence electrons. The monoisotopic (exact) mass is 263 g/mol. The smallest absolute Gasteiger partial charge is 0.233 e. The Morgan fingerprint density at radius 1 is 1.64 bits per heavy atom. The fraction of sp³-hybridized carbons (Fsp3) is 0.900. The standard InChI is InChI=1S/C10H18BrNO2/c1-8(11)9(13)12-7-10(3-4-10)5-6-14-2/h8H,3-7H2,1-2H3,(H,12,13). The molecule has 1 fully saturated rings. The average Bonchev–Trinajstić information content (AvgIpc) is 2.92. The second-order valence-electron chi connectivity index (χ2n) is 4.08. The molecule has 0 heterocycles. The van der Waals surface area contributed by atoms with E-state index in [-0.39, 0.29) is 10.7 Å². The number of ether oxygens (including phenoxy) is 1. The first-order valence-corrected chi connectivity index (χ1v) is 5.92. The van der Waals surface area contributed by atoms with Crippen molar-refractivity contribution in [3.05, 3.63) is 0 Å². The second kappa shape index (κ2) is 5.12. The van der Waals surface area contributed by atoms with Gasteiger partial charge in [-0.05, 0) is 31.6 Å². The molecule has 0 radical (unpaired) electrons. The van der Waals surface area contributed by atoms with Crippen LogP contribution in [0.5, 0.6) is 0 Å². The van der Waals surface area contributed by atoms with Crippen molar-refractivity contribution < 1.29 is 9.53 Å². The molecule has 0 aromatic rings. The highest BCUT2D eigenvalue weighted by Gasteiger charge is 2.42. The van der Waals surface area contributed by atoms with Crippen LogP contribution in [0.4, 0.5) is 0 Å². The maximum absolute atomic E-state index is 11.3. The fourth-order valence-corrected chi connectivity index (χ4v) is 1.59. The first-order chi connectivity index (χ1) is 6.59. The van der Waals surface area contributed by atoms with E-state index in [1.165, 1.54) is 12.8 Å². The van der Waals surface area contributed by atoms with Crippen molar-refractivity contribution in [3.63, 3.8) is 0 Å². The first-order valence-electron chi connectivity index (χ1n) is 5.00. The molecule has 1 amide bonds. The highest BCUT2D eigenvalue weighted by atomic mass is 79.9. The Bertz CT molecular complexity index is 202. The number of rotatable bonds is 6. The number of hydrogen-bond donors (Lipinski definition) is 1. The molecule has 0 aromatic carbocycles. The Morgan fingerprint density at radius 2 is 2.29 bits per heavy atom. The quantitative estimate of drug-likeness (QED) is 0.741. The van der Waals surface area contributed by atoms with Gasteiger partial charge in [-0.3, -0.25) is 4.79 Å². The average molecular weight is 264 g/mol. The van der Waals surface area contributed by atoms with Crippen LogP contribution in [0.25, 0.3) is 0 Å². The number of halogens is 1. The molecule has 1 atom stereocenters. The van der Waals surface area contributed by atoms with E-state index in [2.05, 4.69) is 21.2 Å². The van der Waals surface area contributed by atoms with Crippen molar-refractivity contribution in [2.75, 3.05) is 20.3 Å². The molecule has 1 rings (SSSR count). The van der Waals surface area contributed by atoms with Crippen LogP contribution >= 0.6 is 15.9 Å². The zero-order valence-electron chi connectivity index (χ0n) is 8.81. The van der Waals surface area contributed by atoms with Crippen LogP contribution in [0.15, 0.2) is 0 Å². The van der Waals surface area contributed by atoms with Gasteiger partial charge in [0.05, 0.1) is 4.83 Å². The molecule has 4 heteroatoms. The van der Waals surface area contributed by atoms with E-state index in [4.69, 9.17) is 4.74 Å². The van der Waals surface area contributed by atoms with Gasteiger partial charge in [-0.2, -0.15) is 0 Å². The van der Waals surface area contributed by atoms with E-state index < -0.39 is 0 Å². The van der Waals surface area contributed by atoms with Crippen LogP contribution in [-0.2, 0) is 9.53 Å². The lowest BCUT2D eigenvalue weighted by molar-refractivity contribution is -0.120. The maximum atomic E-state index is 11.3. The molecule has 1 aliphatic rings. The number of carbonyl (C=O) groups excluding carboxylic acids is 1. The van der Waals surface area contributed by atoms with Crippen molar-refractivity contribution in [2.24, 2.45) is 5.41 Å². The van der Waals surface area contributed by atoms with E-state index in [9.17, 15) is 4.79 Å². The van der Waals surface area contributed by atoms with E-state index in [1.54, 1.807) is 7.11 Å². The SMILES string of the molecule is COCCC1(CNC(=O)C(C)Br)CC1. The second-order valence-corrected chi connectivity index (χ2v) is 5.45. The van der Waals surface area contributed by atoms with Crippen molar-refractivity contribution in [1.82, 2.24) is 5.32 Å². The van der Waals surface area contributed by atoms with Crippen LogP contribution < -0.4 is 5.32 Å². The van der Waals surface area contributed by atoms with E-state index in [0.717, 1.165) is 19.6 Å². The molecule has 1 N–H and O–H groups in total. The van der Waals surface area contributed by atoms with Crippen molar-refractivity contribution in [2.45, 2.75) is 31.0 Å². The van der Waals surface area contributed by atoms with Gasteiger partial charge in [-0.25, -0.2) is 0 Å². The largest absolute Gasteiger partial charge is 0.385 e. The topological polar surface area (TPSA) is 38.3 Å². The first kappa shape index (κ1) is 12.0. The minimum absolute atomic E-state index is 0.0775. The Labute approximate surface area is 93.7 Å². The minimum atomic E-state index is -0.0966. The highest BCUT2D eigenvalue weighted by molar-refractivity contribution is 9.10. The van der Waals surface area contributed by atoms with Crippen LogP contribution in [0.3, 0.4) is 0 Å². The lowest BCUT2D eigenvalue weighted by Gasteiger charge is -2.15. The van der Waals surface area contributed by atoms with Gasteiger partial charge in [0.1, 0.15) is 0 Å². The molecule has 1 aliphatic carbocycles. The zero-order chi connectivity index (χ0) is 10.6.